The molecule has 0 aliphatic rings. The molecule has 5 nitrogen and oxygen atoms in total. The maximum absolute atomic E-state index is 12.0. The highest BCUT2D eigenvalue weighted by atomic mass is 35.5. The first-order valence-corrected chi connectivity index (χ1v) is 8.39. The number of hydrogen-bond donors (Lipinski definition) is 3. The van der Waals surface area contributed by atoms with Gasteiger partial charge in [0.15, 0.2) is 0 Å². The summed E-state index contributed by atoms with van der Waals surface area (Å²) in [6, 6.07) is 7.19. The van der Waals surface area contributed by atoms with E-state index in [1.165, 1.54) is 0 Å². The fourth-order valence-electron chi connectivity index (χ4n) is 2.55. The van der Waals surface area contributed by atoms with Crippen molar-refractivity contribution in [3.63, 3.8) is 0 Å². The van der Waals surface area contributed by atoms with Gasteiger partial charge in [0.1, 0.15) is 0 Å². The molecule has 0 heterocycles. The molecule has 0 bridgehead atoms. The molecule has 130 valence electrons. The Morgan fingerprint density at radius 1 is 1.17 bits per heavy atom. The number of benzene rings is 1. The van der Waals surface area contributed by atoms with Gasteiger partial charge in [-0.25, -0.2) is 4.79 Å². The average molecular weight is 342 g/mol. The van der Waals surface area contributed by atoms with Crippen molar-refractivity contribution in [1.82, 2.24) is 15.5 Å². The number of nitrogens with one attached hydrogen (secondary N) is 2. The Labute approximate surface area is 144 Å². The Hall–Kier alpha value is -1.30. The second-order valence-corrected chi connectivity index (χ2v) is 6.55. The molecule has 0 saturated carbocycles. The van der Waals surface area contributed by atoms with Crippen LogP contribution < -0.4 is 10.6 Å². The number of carbonyl (C=O) groups is 1. The van der Waals surface area contributed by atoms with Crippen LogP contribution in [0, 0.1) is 0 Å². The molecule has 0 radical (unpaired) electrons. The molecule has 0 fully saturated rings. The third-order valence-electron chi connectivity index (χ3n) is 3.74. The highest BCUT2D eigenvalue weighted by molar-refractivity contribution is 6.30. The predicted octanol–water partition coefficient (Wildman–Crippen LogP) is 2.79. The highest BCUT2D eigenvalue weighted by Gasteiger charge is 2.15. The van der Waals surface area contributed by atoms with Crippen molar-refractivity contribution in [2.75, 3.05) is 19.7 Å². The van der Waals surface area contributed by atoms with E-state index >= 15 is 0 Å². The minimum absolute atomic E-state index is 0.167. The molecule has 23 heavy (non-hydrogen) atoms. The van der Waals surface area contributed by atoms with Gasteiger partial charge in [-0.15, -0.1) is 0 Å². The van der Waals surface area contributed by atoms with Crippen LogP contribution >= 0.6 is 11.6 Å². The molecule has 0 aliphatic heterocycles. The Morgan fingerprint density at radius 2 is 1.74 bits per heavy atom. The van der Waals surface area contributed by atoms with Gasteiger partial charge in [-0.3, -0.25) is 4.90 Å². The predicted molar refractivity (Wildman–Crippen MR) is 94.8 cm³/mol. The summed E-state index contributed by atoms with van der Waals surface area (Å²) in [5.74, 6) is 0. The number of carbonyl (C=O) groups excluding carboxylic acids is 1. The Kier molecular flexibility index (Phi) is 8.37. The van der Waals surface area contributed by atoms with Crippen molar-refractivity contribution in [1.29, 1.82) is 0 Å². The van der Waals surface area contributed by atoms with Crippen molar-refractivity contribution in [3.8, 4) is 0 Å². The molecular formula is C17H28ClN3O2. The zero-order valence-electron chi connectivity index (χ0n) is 14.3. The van der Waals surface area contributed by atoms with E-state index < -0.39 is 6.04 Å². The molecule has 2 amide bonds. The fraction of sp³-hybridized carbons (Fsp3) is 0.588. The van der Waals surface area contributed by atoms with Gasteiger partial charge in [-0.1, -0.05) is 23.7 Å². The Bertz CT molecular complexity index is 469. The van der Waals surface area contributed by atoms with Gasteiger partial charge in [-0.05, 0) is 45.4 Å². The summed E-state index contributed by atoms with van der Waals surface area (Å²) in [5.41, 5.74) is 0.818. The number of urea groups is 1. The van der Waals surface area contributed by atoms with Crippen LogP contribution in [0.4, 0.5) is 4.79 Å². The lowest BCUT2D eigenvalue weighted by Gasteiger charge is -2.30. The molecule has 0 spiro atoms. The summed E-state index contributed by atoms with van der Waals surface area (Å²) in [4.78, 5) is 14.3. The lowest BCUT2D eigenvalue weighted by molar-refractivity contribution is 0.174. The highest BCUT2D eigenvalue weighted by Crippen LogP contribution is 2.16. The minimum atomic E-state index is -0.446. The van der Waals surface area contributed by atoms with Crippen molar-refractivity contribution < 1.29 is 9.90 Å². The Balaban J connectivity index is 2.46. The normalized spacial score (nSPS) is 12.7. The summed E-state index contributed by atoms with van der Waals surface area (Å²) >= 11 is 5.85. The second kappa shape index (κ2) is 9.75. The molecule has 1 unspecified atom stereocenters. The van der Waals surface area contributed by atoms with Gasteiger partial charge < -0.3 is 15.7 Å². The number of hydrogen-bond acceptors (Lipinski definition) is 3. The molecule has 0 saturated heterocycles. The van der Waals surface area contributed by atoms with Crippen LogP contribution in [0.15, 0.2) is 24.3 Å². The van der Waals surface area contributed by atoms with Crippen molar-refractivity contribution >= 4 is 17.6 Å². The number of amides is 2. The van der Waals surface area contributed by atoms with Crippen LogP contribution in [-0.4, -0.2) is 47.8 Å². The average Bonchev–Trinajstić information content (AvgIpc) is 2.49. The van der Waals surface area contributed by atoms with Gasteiger partial charge in [0.25, 0.3) is 0 Å². The number of nitrogens with zero attached hydrogens (tertiary/aromatic N) is 1. The Morgan fingerprint density at radius 3 is 2.22 bits per heavy atom. The van der Waals surface area contributed by atoms with E-state index in [-0.39, 0.29) is 12.6 Å². The van der Waals surface area contributed by atoms with E-state index in [0.29, 0.717) is 23.7 Å². The number of halogens is 1. The van der Waals surface area contributed by atoms with Gasteiger partial charge in [0.2, 0.25) is 0 Å². The van der Waals surface area contributed by atoms with Crippen LogP contribution in [0.3, 0.4) is 0 Å². The van der Waals surface area contributed by atoms with Gasteiger partial charge in [0.05, 0.1) is 12.6 Å². The number of rotatable bonds is 8. The number of aliphatic hydroxyl groups excluding tert-OH is 1. The third-order valence-corrected chi connectivity index (χ3v) is 3.99. The quantitative estimate of drug-likeness (QED) is 0.681. The van der Waals surface area contributed by atoms with Crippen LogP contribution in [0.1, 0.15) is 39.3 Å². The standard InChI is InChI=1S/C17H28ClN3O2/c1-12(2)21(13(3)4)10-9-19-17(23)20-16(11-22)14-5-7-15(18)8-6-14/h5-8,12-13,16,22H,9-11H2,1-4H3,(H2,19,20,23). The molecule has 3 N–H and O–H groups in total. The van der Waals surface area contributed by atoms with E-state index in [1.807, 2.05) is 0 Å². The lowest BCUT2D eigenvalue weighted by atomic mass is 10.1. The summed E-state index contributed by atoms with van der Waals surface area (Å²) in [6.07, 6.45) is 0. The van der Waals surface area contributed by atoms with E-state index in [4.69, 9.17) is 11.6 Å². The van der Waals surface area contributed by atoms with E-state index in [2.05, 4.69) is 43.2 Å². The van der Waals surface area contributed by atoms with E-state index in [9.17, 15) is 9.90 Å². The fourth-order valence-corrected chi connectivity index (χ4v) is 2.68. The first-order valence-electron chi connectivity index (χ1n) is 8.01. The van der Waals surface area contributed by atoms with Crippen LogP contribution in [0.25, 0.3) is 0 Å². The van der Waals surface area contributed by atoms with E-state index in [0.717, 1.165) is 12.1 Å². The molecular weight excluding hydrogens is 314 g/mol. The molecule has 1 aromatic carbocycles. The van der Waals surface area contributed by atoms with Crippen LogP contribution in [0.5, 0.6) is 0 Å². The molecule has 6 heteroatoms. The molecule has 0 aliphatic carbocycles. The van der Waals surface area contributed by atoms with Crippen LogP contribution in [-0.2, 0) is 0 Å². The van der Waals surface area contributed by atoms with Gasteiger partial charge in [-0.2, -0.15) is 0 Å². The summed E-state index contributed by atoms with van der Waals surface area (Å²) in [7, 11) is 0. The minimum Gasteiger partial charge on any atom is -0.394 e. The van der Waals surface area contributed by atoms with Gasteiger partial charge >= 0.3 is 6.03 Å². The smallest absolute Gasteiger partial charge is 0.315 e. The molecule has 1 rings (SSSR count). The molecule has 1 aromatic rings. The topological polar surface area (TPSA) is 64.6 Å². The monoisotopic (exact) mass is 341 g/mol. The lowest BCUT2D eigenvalue weighted by Crippen LogP contribution is -2.45. The third kappa shape index (κ3) is 6.77. The van der Waals surface area contributed by atoms with Gasteiger partial charge in [0, 0.05) is 30.2 Å². The largest absolute Gasteiger partial charge is 0.394 e. The van der Waals surface area contributed by atoms with Crippen molar-refractivity contribution in [3.05, 3.63) is 34.9 Å². The zero-order chi connectivity index (χ0) is 17.4. The maximum atomic E-state index is 12.0. The number of aliphatic hydroxyl groups is 1. The van der Waals surface area contributed by atoms with Crippen LogP contribution in [0.2, 0.25) is 5.02 Å². The zero-order valence-corrected chi connectivity index (χ0v) is 15.1. The second-order valence-electron chi connectivity index (χ2n) is 6.11. The molecule has 1 atom stereocenters. The van der Waals surface area contributed by atoms with E-state index in [1.54, 1.807) is 24.3 Å². The first-order chi connectivity index (χ1) is 10.8. The molecule has 0 aromatic heterocycles. The van der Waals surface area contributed by atoms with Crippen molar-refractivity contribution in [2.45, 2.75) is 45.8 Å². The maximum Gasteiger partial charge on any atom is 0.315 e. The summed E-state index contributed by atoms with van der Waals surface area (Å²) < 4.78 is 0. The van der Waals surface area contributed by atoms with Crippen molar-refractivity contribution in [2.24, 2.45) is 0 Å². The SMILES string of the molecule is CC(C)N(CCNC(=O)NC(CO)c1ccc(Cl)cc1)C(C)C. The summed E-state index contributed by atoms with van der Waals surface area (Å²) in [6.45, 7) is 9.74. The first kappa shape index (κ1) is 19.7. The summed E-state index contributed by atoms with van der Waals surface area (Å²) in [5, 5.41) is 15.7.